The van der Waals surface area contributed by atoms with Crippen LogP contribution in [-0.4, -0.2) is 64.3 Å². The van der Waals surface area contributed by atoms with Gasteiger partial charge in [-0.05, 0) is 20.3 Å². The van der Waals surface area contributed by atoms with Crippen LogP contribution < -0.4 is 0 Å². The van der Waals surface area contributed by atoms with E-state index in [0.717, 1.165) is 51.6 Å². The van der Waals surface area contributed by atoms with Gasteiger partial charge in [0.25, 0.3) is 0 Å². The van der Waals surface area contributed by atoms with Gasteiger partial charge in [-0.2, -0.15) is 0 Å². The van der Waals surface area contributed by atoms with Crippen molar-refractivity contribution in [3.05, 3.63) is 82.9 Å². The van der Waals surface area contributed by atoms with Crippen molar-refractivity contribution in [2.45, 2.75) is 34.1 Å². The standard InChI is InChI=1S/C32H40N4O2.Ni/c1-24-28(30(37-5)26-14-9-7-10-15-26)20-33-22-32(3,4)23-34-21-29(25(2)36-19-13-18-35-24)31(38-6)27-16-11-8-12-17-27;/h7-12,14-17,20-21H,13,18-19,22-23H2,1-6H3;. The van der Waals surface area contributed by atoms with E-state index < -0.39 is 0 Å². The molecule has 0 N–H and O–H groups in total. The van der Waals surface area contributed by atoms with Gasteiger partial charge in [-0.25, -0.2) is 0 Å². The summed E-state index contributed by atoms with van der Waals surface area (Å²) in [4.78, 5) is 19.4. The second kappa shape index (κ2) is 15.9. The number of allylic oxidation sites excluding steroid dienone is 2. The molecule has 0 aliphatic carbocycles. The molecule has 0 amide bonds. The third kappa shape index (κ3) is 9.43. The second-order valence-corrected chi connectivity index (χ2v) is 10.0. The van der Waals surface area contributed by atoms with Crippen molar-refractivity contribution in [2.75, 3.05) is 40.4 Å². The fourth-order valence-corrected chi connectivity index (χ4v) is 4.13. The minimum absolute atomic E-state index is 0. The Kier molecular flexibility index (Phi) is 13.0. The van der Waals surface area contributed by atoms with Crippen molar-refractivity contribution in [3.8, 4) is 0 Å². The second-order valence-electron chi connectivity index (χ2n) is 10.0. The van der Waals surface area contributed by atoms with Gasteiger partial charge in [-0.3, -0.25) is 20.0 Å². The smallest absolute Gasteiger partial charge is 0.136 e. The molecule has 3 rings (SSSR count). The van der Waals surface area contributed by atoms with Gasteiger partial charge in [0, 0.05) is 83.1 Å². The Bertz CT molecular complexity index is 1150. The van der Waals surface area contributed by atoms with E-state index in [0.29, 0.717) is 26.2 Å². The summed E-state index contributed by atoms with van der Waals surface area (Å²) in [6.45, 7) is 10.9. The Morgan fingerprint density at radius 3 is 1.41 bits per heavy atom. The van der Waals surface area contributed by atoms with Gasteiger partial charge in [0.05, 0.1) is 25.4 Å². The summed E-state index contributed by atoms with van der Waals surface area (Å²) in [5.74, 6) is 1.54. The maximum Gasteiger partial charge on any atom is 0.136 e. The van der Waals surface area contributed by atoms with Gasteiger partial charge in [0.15, 0.2) is 0 Å². The van der Waals surface area contributed by atoms with E-state index in [9.17, 15) is 0 Å². The topological polar surface area (TPSA) is 67.9 Å². The van der Waals surface area contributed by atoms with E-state index in [1.54, 1.807) is 14.2 Å². The monoisotopic (exact) mass is 570 g/mol. The summed E-state index contributed by atoms with van der Waals surface area (Å²) in [6.07, 6.45) is 4.61. The molecular formula is C32H40N4NiO2. The fourth-order valence-electron chi connectivity index (χ4n) is 4.13. The zero-order chi connectivity index (χ0) is 27.4. The van der Waals surface area contributed by atoms with E-state index in [-0.39, 0.29) is 21.9 Å². The van der Waals surface area contributed by atoms with Crippen molar-refractivity contribution in [3.63, 3.8) is 0 Å². The molecule has 0 unspecified atom stereocenters. The molecule has 0 atom stereocenters. The van der Waals surface area contributed by atoms with Crippen LogP contribution in [0.3, 0.4) is 0 Å². The molecular weight excluding hydrogens is 531 g/mol. The zero-order valence-corrected chi connectivity index (χ0v) is 24.9. The number of rotatable bonds is 4. The van der Waals surface area contributed by atoms with Crippen LogP contribution in [0.25, 0.3) is 11.5 Å². The molecule has 1 aliphatic rings. The van der Waals surface area contributed by atoms with Gasteiger partial charge in [0.1, 0.15) is 11.5 Å². The number of hydrogen-bond acceptors (Lipinski definition) is 6. The van der Waals surface area contributed by atoms with Crippen LogP contribution in [0.4, 0.5) is 0 Å². The van der Waals surface area contributed by atoms with Crippen LogP contribution in [0.1, 0.15) is 45.2 Å². The third-order valence-corrected chi connectivity index (χ3v) is 6.24. The molecule has 6 nitrogen and oxygen atoms in total. The quantitative estimate of drug-likeness (QED) is 0.307. The molecule has 0 bridgehead atoms. The molecule has 0 fully saturated rings. The van der Waals surface area contributed by atoms with Crippen LogP contribution in [-0.2, 0) is 26.0 Å². The summed E-state index contributed by atoms with van der Waals surface area (Å²) in [5.41, 5.74) is 5.41. The summed E-state index contributed by atoms with van der Waals surface area (Å²) >= 11 is 0. The Balaban J connectivity index is 0.00000533. The summed E-state index contributed by atoms with van der Waals surface area (Å²) < 4.78 is 11.7. The van der Waals surface area contributed by atoms with Crippen molar-refractivity contribution in [2.24, 2.45) is 25.4 Å². The minimum atomic E-state index is -0.156. The molecule has 0 radical (unpaired) electrons. The zero-order valence-electron chi connectivity index (χ0n) is 23.9. The third-order valence-electron chi connectivity index (χ3n) is 6.24. The minimum Gasteiger partial charge on any atom is -0.495 e. The van der Waals surface area contributed by atoms with Gasteiger partial charge >= 0.3 is 0 Å². The predicted molar refractivity (Wildman–Crippen MR) is 162 cm³/mol. The van der Waals surface area contributed by atoms with Gasteiger partial charge in [-0.15, -0.1) is 0 Å². The number of nitrogens with zero attached hydrogens (tertiary/aromatic N) is 4. The average Bonchev–Trinajstić information content (AvgIpc) is 2.92. The van der Waals surface area contributed by atoms with Crippen molar-refractivity contribution in [1.29, 1.82) is 0 Å². The molecule has 0 saturated carbocycles. The number of methoxy groups -OCH3 is 2. The first kappa shape index (κ1) is 31.9. The van der Waals surface area contributed by atoms with E-state index in [4.69, 9.17) is 29.4 Å². The van der Waals surface area contributed by atoms with Crippen LogP contribution in [0.5, 0.6) is 0 Å². The number of ether oxygens (including phenoxy) is 2. The summed E-state index contributed by atoms with van der Waals surface area (Å²) in [5, 5.41) is 0. The fraction of sp³-hybridized carbons (Fsp3) is 0.375. The Labute approximate surface area is 243 Å². The Morgan fingerprint density at radius 1 is 0.667 bits per heavy atom. The van der Waals surface area contributed by atoms with Crippen LogP contribution >= 0.6 is 0 Å². The van der Waals surface area contributed by atoms with E-state index in [1.165, 1.54) is 0 Å². The normalized spacial score (nSPS) is 19.2. The van der Waals surface area contributed by atoms with Gasteiger partial charge < -0.3 is 9.47 Å². The molecule has 1 heterocycles. The first-order valence-electron chi connectivity index (χ1n) is 13.1. The summed E-state index contributed by atoms with van der Waals surface area (Å²) in [7, 11) is 3.39. The van der Waals surface area contributed by atoms with Crippen molar-refractivity contribution < 1.29 is 26.0 Å². The van der Waals surface area contributed by atoms with E-state index in [2.05, 4.69) is 13.8 Å². The maximum atomic E-state index is 5.84. The molecule has 0 saturated heterocycles. The van der Waals surface area contributed by atoms with Crippen molar-refractivity contribution >= 4 is 35.4 Å². The molecule has 210 valence electrons. The first-order valence-corrected chi connectivity index (χ1v) is 13.1. The first-order chi connectivity index (χ1) is 18.4. The molecule has 1 aliphatic heterocycles. The predicted octanol–water partition coefficient (Wildman–Crippen LogP) is 6.59. The van der Waals surface area contributed by atoms with Gasteiger partial charge in [0.2, 0.25) is 0 Å². The Hall–Kier alpha value is -3.31. The molecule has 39 heavy (non-hydrogen) atoms. The molecule has 2 aromatic rings. The molecule has 2 aromatic carbocycles. The molecule has 0 spiro atoms. The summed E-state index contributed by atoms with van der Waals surface area (Å²) in [6, 6.07) is 20.2. The largest absolute Gasteiger partial charge is 0.495 e. The SMILES string of the molecule is COC(=C1C=NCC(C)(C)CN=CC(=C(OC)c2ccccc2)C(C)=NCCCN=C1C)c1ccccc1.[Ni]. The number of benzene rings is 2. The molecule has 7 heteroatoms. The van der Waals surface area contributed by atoms with Crippen LogP contribution in [0, 0.1) is 5.41 Å². The number of hydrogen-bond donors (Lipinski definition) is 0. The van der Waals surface area contributed by atoms with E-state index in [1.807, 2.05) is 86.9 Å². The molecule has 0 aromatic heterocycles. The maximum absolute atomic E-state index is 5.84. The van der Waals surface area contributed by atoms with Crippen LogP contribution in [0.15, 0.2) is 91.8 Å². The van der Waals surface area contributed by atoms with E-state index >= 15 is 0 Å². The average molecular weight is 571 g/mol. The van der Waals surface area contributed by atoms with Crippen molar-refractivity contribution in [1.82, 2.24) is 0 Å². The number of aliphatic imine (C=N–C) groups is 4. The van der Waals surface area contributed by atoms with Gasteiger partial charge in [-0.1, -0.05) is 74.5 Å². The Morgan fingerprint density at radius 2 is 1.05 bits per heavy atom. The van der Waals surface area contributed by atoms with Crippen LogP contribution in [0.2, 0.25) is 0 Å².